The molecular weight excluding hydrogens is 295 g/mol. The Balaban J connectivity index is 2.72. The van der Waals surface area contributed by atoms with Crippen LogP contribution in [0.15, 0.2) is 18.3 Å². The van der Waals surface area contributed by atoms with Crippen molar-refractivity contribution in [3.05, 3.63) is 29.6 Å². The molecule has 0 radical (unpaired) electrons. The minimum Gasteiger partial charge on any atom is -0.261 e. The van der Waals surface area contributed by atoms with Crippen molar-refractivity contribution in [3.63, 3.8) is 0 Å². The summed E-state index contributed by atoms with van der Waals surface area (Å²) in [5.41, 5.74) is -0.158. The van der Waals surface area contributed by atoms with E-state index in [9.17, 15) is 13.2 Å². The zero-order valence-corrected chi connectivity index (χ0v) is 11.3. The van der Waals surface area contributed by atoms with Crippen LogP contribution in [0.1, 0.15) is 31.5 Å². The molecule has 0 saturated carbocycles. The predicted octanol–water partition coefficient (Wildman–Crippen LogP) is 4.45. The van der Waals surface area contributed by atoms with Gasteiger partial charge in [0.25, 0.3) is 0 Å². The van der Waals surface area contributed by atoms with Crippen molar-refractivity contribution in [2.45, 2.75) is 37.7 Å². The van der Waals surface area contributed by atoms with Gasteiger partial charge in [0.05, 0.1) is 5.56 Å². The van der Waals surface area contributed by atoms with Crippen LogP contribution in [0.3, 0.4) is 0 Å². The number of aromatic nitrogens is 1. The van der Waals surface area contributed by atoms with Gasteiger partial charge < -0.3 is 0 Å². The number of alkyl halides is 4. The number of hydrogen-bond acceptors (Lipinski definition) is 1. The largest absolute Gasteiger partial charge is 0.416 e. The Kier molecular flexibility index (Phi) is 4.98. The molecule has 0 aromatic carbocycles. The minimum absolute atomic E-state index is 0.165. The first-order valence-corrected chi connectivity index (χ1v) is 6.37. The van der Waals surface area contributed by atoms with E-state index in [4.69, 9.17) is 0 Å². The molecule has 0 aliphatic carbocycles. The lowest BCUT2D eigenvalue weighted by atomic mass is 10.0. The van der Waals surface area contributed by atoms with Crippen molar-refractivity contribution in [2.24, 2.45) is 5.92 Å². The smallest absolute Gasteiger partial charge is 0.261 e. The Bertz CT molecular complexity index is 363. The number of pyridine rings is 1. The van der Waals surface area contributed by atoms with E-state index in [1.807, 2.05) is 0 Å². The van der Waals surface area contributed by atoms with E-state index in [2.05, 4.69) is 34.8 Å². The van der Waals surface area contributed by atoms with Crippen LogP contribution in [0.4, 0.5) is 13.2 Å². The molecule has 0 amide bonds. The summed E-state index contributed by atoms with van der Waals surface area (Å²) >= 11 is 3.47. The molecule has 1 aromatic rings. The van der Waals surface area contributed by atoms with Gasteiger partial charge in [-0.05, 0) is 24.5 Å². The van der Waals surface area contributed by atoms with Gasteiger partial charge in [-0.25, -0.2) is 0 Å². The first-order valence-electron chi connectivity index (χ1n) is 5.45. The lowest BCUT2D eigenvalue weighted by molar-refractivity contribution is -0.137. The van der Waals surface area contributed by atoms with E-state index in [0.29, 0.717) is 18.0 Å². The van der Waals surface area contributed by atoms with Gasteiger partial charge in [0.15, 0.2) is 0 Å². The van der Waals surface area contributed by atoms with Gasteiger partial charge in [-0.15, -0.1) is 0 Å². The molecule has 1 atom stereocenters. The Morgan fingerprint density at radius 3 is 2.53 bits per heavy atom. The molecule has 1 unspecified atom stereocenters. The normalized spacial score (nSPS) is 14.1. The Labute approximate surface area is 108 Å². The summed E-state index contributed by atoms with van der Waals surface area (Å²) < 4.78 is 37.4. The highest BCUT2D eigenvalue weighted by molar-refractivity contribution is 9.09. The molecule has 0 aliphatic rings. The van der Waals surface area contributed by atoms with Gasteiger partial charge in [-0.1, -0.05) is 29.8 Å². The maximum Gasteiger partial charge on any atom is 0.416 e. The van der Waals surface area contributed by atoms with Gasteiger partial charge in [-0.2, -0.15) is 13.2 Å². The standard InChI is InChI=1S/C12H15BrF3N/c1-8(2)5-10(13)7-11-6-9(3-4-17-11)12(14,15)16/h3-4,6,8,10H,5,7H2,1-2H3. The Morgan fingerprint density at radius 1 is 1.35 bits per heavy atom. The fourth-order valence-electron chi connectivity index (χ4n) is 1.59. The SMILES string of the molecule is CC(C)CC(Br)Cc1cc(C(F)(F)F)ccn1. The highest BCUT2D eigenvalue weighted by Crippen LogP contribution is 2.29. The summed E-state index contributed by atoms with van der Waals surface area (Å²) in [7, 11) is 0. The number of halogens is 4. The summed E-state index contributed by atoms with van der Waals surface area (Å²) in [5.74, 6) is 0.505. The fraction of sp³-hybridized carbons (Fsp3) is 0.583. The van der Waals surface area contributed by atoms with Gasteiger partial charge >= 0.3 is 6.18 Å². The average Bonchev–Trinajstić information content (AvgIpc) is 2.15. The molecular formula is C12H15BrF3N. The third kappa shape index (κ3) is 5.06. The van der Waals surface area contributed by atoms with Crippen LogP contribution in [0.25, 0.3) is 0 Å². The van der Waals surface area contributed by atoms with Crippen molar-refractivity contribution < 1.29 is 13.2 Å². The molecule has 5 heteroatoms. The third-order valence-electron chi connectivity index (χ3n) is 2.30. The van der Waals surface area contributed by atoms with Crippen LogP contribution in [0.5, 0.6) is 0 Å². The average molecular weight is 310 g/mol. The van der Waals surface area contributed by atoms with E-state index < -0.39 is 11.7 Å². The Hall–Kier alpha value is -0.580. The van der Waals surface area contributed by atoms with Crippen molar-refractivity contribution in [1.29, 1.82) is 0 Å². The summed E-state index contributed by atoms with van der Waals surface area (Å²) in [6.45, 7) is 4.15. The minimum atomic E-state index is -4.29. The molecule has 0 N–H and O–H groups in total. The van der Waals surface area contributed by atoms with Crippen LogP contribution in [-0.4, -0.2) is 9.81 Å². The van der Waals surface area contributed by atoms with Gasteiger partial charge in [0, 0.05) is 23.1 Å². The quantitative estimate of drug-likeness (QED) is 0.749. The highest BCUT2D eigenvalue weighted by atomic mass is 79.9. The predicted molar refractivity (Wildman–Crippen MR) is 65.1 cm³/mol. The highest BCUT2D eigenvalue weighted by Gasteiger charge is 2.30. The molecule has 1 aromatic heterocycles. The van der Waals surface area contributed by atoms with Crippen LogP contribution in [0.2, 0.25) is 0 Å². The van der Waals surface area contributed by atoms with Gasteiger partial charge in [-0.3, -0.25) is 4.98 Å². The van der Waals surface area contributed by atoms with Crippen LogP contribution in [-0.2, 0) is 12.6 Å². The monoisotopic (exact) mass is 309 g/mol. The maximum atomic E-state index is 12.5. The van der Waals surface area contributed by atoms with Crippen molar-refractivity contribution >= 4 is 15.9 Å². The van der Waals surface area contributed by atoms with E-state index in [1.165, 1.54) is 6.20 Å². The first-order chi connectivity index (χ1) is 7.79. The van der Waals surface area contributed by atoms with E-state index in [-0.39, 0.29) is 4.83 Å². The molecule has 0 bridgehead atoms. The van der Waals surface area contributed by atoms with Crippen molar-refractivity contribution in [1.82, 2.24) is 4.98 Å². The zero-order chi connectivity index (χ0) is 13.1. The summed E-state index contributed by atoms with van der Waals surface area (Å²) in [4.78, 5) is 4.14. The van der Waals surface area contributed by atoms with E-state index in [1.54, 1.807) is 0 Å². The zero-order valence-electron chi connectivity index (χ0n) is 9.76. The lowest BCUT2D eigenvalue weighted by Crippen LogP contribution is -2.10. The molecule has 0 saturated heterocycles. The molecule has 1 rings (SSSR count). The summed E-state index contributed by atoms with van der Waals surface area (Å²) in [5, 5.41) is 0. The lowest BCUT2D eigenvalue weighted by Gasteiger charge is -2.13. The van der Waals surface area contributed by atoms with Crippen LogP contribution >= 0.6 is 15.9 Å². The molecule has 0 fully saturated rings. The molecule has 0 spiro atoms. The van der Waals surface area contributed by atoms with Crippen LogP contribution < -0.4 is 0 Å². The second-order valence-corrected chi connectivity index (χ2v) is 5.76. The Morgan fingerprint density at radius 2 is 2.00 bits per heavy atom. The number of rotatable bonds is 4. The van der Waals surface area contributed by atoms with Crippen LogP contribution in [0, 0.1) is 5.92 Å². The molecule has 1 heterocycles. The molecule has 0 aliphatic heterocycles. The summed E-state index contributed by atoms with van der Waals surface area (Å²) in [6, 6.07) is 2.11. The second kappa shape index (κ2) is 5.85. The maximum absolute atomic E-state index is 12.5. The molecule has 1 nitrogen and oxygen atoms in total. The molecule has 17 heavy (non-hydrogen) atoms. The third-order valence-corrected chi connectivity index (χ3v) is 3.00. The second-order valence-electron chi connectivity index (χ2n) is 4.46. The van der Waals surface area contributed by atoms with Crippen molar-refractivity contribution in [2.75, 3.05) is 0 Å². The van der Waals surface area contributed by atoms with E-state index in [0.717, 1.165) is 18.6 Å². The number of nitrogens with zero attached hydrogens (tertiary/aromatic N) is 1. The van der Waals surface area contributed by atoms with E-state index >= 15 is 0 Å². The van der Waals surface area contributed by atoms with Gasteiger partial charge in [0.1, 0.15) is 0 Å². The van der Waals surface area contributed by atoms with Gasteiger partial charge in [0.2, 0.25) is 0 Å². The fourth-order valence-corrected chi connectivity index (χ4v) is 2.67. The molecule has 96 valence electrons. The first kappa shape index (κ1) is 14.5. The topological polar surface area (TPSA) is 12.9 Å². The number of hydrogen-bond donors (Lipinski definition) is 0. The summed E-state index contributed by atoms with van der Waals surface area (Å²) in [6.07, 6.45) is -1.65. The van der Waals surface area contributed by atoms with Crippen molar-refractivity contribution in [3.8, 4) is 0 Å².